The number of aromatic nitrogens is 2. The quantitative estimate of drug-likeness (QED) is 0.660. The van der Waals surface area contributed by atoms with Crippen molar-refractivity contribution in [2.24, 2.45) is 11.8 Å². The number of aromatic amines is 1. The number of carbonyl (C=O) groups is 2. The van der Waals surface area contributed by atoms with Crippen LogP contribution in [-0.4, -0.2) is 39.7 Å². The Morgan fingerprint density at radius 2 is 2.04 bits per heavy atom. The van der Waals surface area contributed by atoms with Crippen molar-refractivity contribution in [2.75, 3.05) is 0 Å². The molecule has 1 aromatic heterocycles. The smallest absolute Gasteiger partial charge is 0.251 e. The molecule has 2 amide bonds. The first-order valence-corrected chi connectivity index (χ1v) is 9.78. The van der Waals surface area contributed by atoms with Crippen LogP contribution in [0.15, 0.2) is 10.9 Å². The Morgan fingerprint density at radius 3 is 2.68 bits per heavy atom. The third kappa shape index (κ3) is 4.09. The van der Waals surface area contributed by atoms with Gasteiger partial charge >= 0.3 is 0 Å². The van der Waals surface area contributed by atoms with Gasteiger partial charge in [-0.05, 0) is 39.0 Å². The predicted molar refractivity (Wildman–Crippen MR) is 96.8 cm³/mol. The Labute approximate surface area is 161 Å². The lowest BCUT2D eigenvalue weighted by atomic mass is 9.73. The zero-order valence-corrected chi connectivity index (χ0v) is 15.8. The number of hydrogen-bond acceptors (Lipinski definition) is 5. The fourth-order valence-corrected chi connectivity index (χ4v) is 4.43. The standard InChI is InChI=1S/C19H25FN4O4/c1-19(20)6-10(7-19)17(26)21-8-11-4-16(25)24-15(23-11)9-22-18(27)13-5-12-2-3-14(13)28-12/h4,10,12-14H,2-3,5-9H2,1H3,(H,21,26)(H,22,27)(H,23,24,25)/t10?,12-,13+,14+,19?/m0/s1. The Morgan fingerprint density at radius 1 is 1.29 bits per heavy atom. The van der Waals surface area contributed by atoms with Crippen molar-refractivity contribution < 1.29 is 18.7 Å². The molecule has 1 saturated carbocycles. The predicted octanol–water partition coefficient (Wildman–Crippen LogP) is 0.708. The monoisotopic (exact) mass is 392 g/mol. The van der Waals surface area contributed by atoms with Gasteiger partial charge in [0.25, 0.3) is 5.56 Å². The van der Waals surface area contributed by atoms with E-state index < -0.39 is 5.67 Å². The molecular weight excluding hydrogens is 367 g/mol. The summed E-state index contributed by atoms with van der Waals surface area (Å²) in [6.45, 7) is 1.68. The van der Waals surface area contributed by atoms with Gasteiger partial charge in [0.05, 0.1) is 36.9 Å². The van der Waals surface area contributed by atoms with Gasteiger partial charge in [0.15, 0.2) is 0 Å². The molecule has 0 radical (unpaired) electrons. The zero-order valence-electron chi connectivity index (χ0n) is 15.8. The van der Waals surface area contributed by atoms with Crippen LogP contribution in [0.4, 0.5) is 4.39 Å². The van der Waals surface area contributed by atoms with Crippen LogP contribution in [0, 0.1) is 11.8 Å². The molecule has 2 bridgehead atoms. The molecule has 152 valence electrons. The van der Waals surface area contributed by atoms with Gasteiger partial charge in [0.2, 0.25) is 11.8 Å². The van der Waals surface area contributed by atoms with Crippen LogP contribution >= 0.6 is 0 Å². The molecule has 3 heterocycles. The minimum atomic E-state index is -1.26. The van der Waals surface area contributed by atoms with Gasteiger partial charge in [0.1, 0.15) is 11.5 Å². The van der Waals surface area contributed by atoms with Gasteiger partial charge in [-0.1, -0.05) is 0 Å². The Hall–Kier alpha value is -2.29. The summed E-state index contributed by atoms with van der Waals surface area (Å²) >= 11 is 0. The second-order valence-electron chi connectivity index (χ2n) is 8.35. The number of nitrogens with one attached hydrogen (secondary N) is 3. The van der Waals surface area contributed by atoms with Crippen molar-refractivity contribution >= 4 is 11.8 Å². The molecule has 3 aliphatic rings. The van der Waals surface area contributed by atoms with E-state index in [-0.39, 0.29) is 67.3 Å². The summed E-state index contributed by atoms with van der Waals surface area (Å²) in [5.41, 5.74) is -1.22. The number of fused-ring (bicyclic) bond motifs is 2. The van der Waals surface area contributed by atoms with Gasteiger partial charge in [-0.3, -0.25) is 14.4 Å². The first kappa shape index (κ1) is 19.0. The molecule has 2 saturated heterocycles. The van der Waals surface area contributed by atoms with Gasteiger partial charge in [-0.2, -0.15) is 0 Å². The van der Waals surface area contributed by atoms with Crippen LogP contribution in [0.2, 0.25) is 0 Å². The Bertz CT molecular complexity index is 831. The molecule has 1 aromatic rings. The van der Waals surface area contributed by atoms with E-state index in [4.69, 9.17) is 4.74 Å². The first-order valence-electron chi connectivity index (χ1n) is 9.78. The highest BCUT2D eigenvalue weighted by Gasteiger charge is 2.45. The number of nitrogens with zero attached hydrogens (tertiary/aromatic N) is 1. The van der Waals surface area contributed by atoms with Crippen molar-refractivity contribution in [3.63, 3.8) is 0 Å². The molecule has 8 nitrogen and oxygen atoms in total. The summed E-state index contributed by atoms with van der Waals surface area (Å²) in [5.74, 6) is -0.471. The molecule has 3 atom stereocenters. The molecule has 3 fully saturated rings. The summed E-state index contributed by atoms with van der Waals surface area (Å²) in [4.78, 5) is 43.1. The maximum Gasteiger partial charge on any atom is 0.251 e. The average molecular weight is 392 g/mol. The lowest BCUT2D eigenvalue weighted by Gasteiger charge is -2.37. The molecule has 4 rings (SSSR count). The SMILES string of the molecule is CC1(F)CC(C(=O)NCc2cc(=O)[nH]c(CNC(=O)[C@@H]3C[C@@H]4CC[C@H]3O4)n2)C1. The van der Waals surface area contributed by atoms with E-state index in [1.165, 1.54) is 13.0 Å². The second kappa shape index (κ2) is 7.27. The van der Waals surface area contributed by atoms with E-state index in [0.717, 1.165) is 19.3 Å². The summed E-state index contributed by atoms with van der Waals surface area (Å²) in [6.07, 6.45) is 3.29. The number of amides is 2. The lowest BCUT2D eigenvalue weighted by Crippen LogP contribution is -2.45. The van der Waals surface area contributed by atoms with E-state index in [0.29, 0.717) is 11.5 Å². The molecule has 2 aliphatic heterocycles. The molecule has 3 N–H and O–H groups in total. The largest absolute Gasteiger partial charge is 0.374 e. The van der Waals surface area contributed by atoms with Gasteiger partial charge in [-0.25, -0.2) is 9.37 Å². The molecular formula is C19H25FN4O4. The van der Waals surface area contributed by atoms with Crippen LogP contribution in [0.5, 0.6) is 0 Å². The first-order chi connectivity index (χ1) is 13.3. The highest BCUT2D eigenvalue weighted by atomic mass is 19.1. The lowest BCUT2D eigenvalue weighted by molar-refractivity contribution is -0.133. The molecule has 0 aromatic carbocycles. The van der Waals surface area contributed by atoms with Crippen LogP contribution < -0.4 is 16.2 Å². The highest BCUT2D eigenvalue weighted by molar-refractivity contribution is 5.80. The van der Waals surface area contributed by atoms with Crippen molar-refractivity contribution in [3.8, 4) is 0 Å². The van der Waals surface area contributed by atoms with Gasteiger partial charge in [-0.15, -0.1) is 0 Å². The normalized spacial score (nSPS) is 33.4. The maximum absolute atomic E-state index is 13.5. The maximum atomic E-state index is 13.5. The van der Waals surface area contributed by atoms with E-state index in [1.807, 2.05) is 0 Å². The molecule has 1 aliphatic carbocycles. The van der Waals surface area contributed by atoms with Crippen LogP contribution in [0.3, 0.4) is 0 Å². The molecule has 9 heteroatoms. The van der Waals surface area contributed by atoms with E-state index in [1.54, 1.807) is 0 Å². The highest BCUT2D eigenvalue weighted by Crippen LogP contribution is 2.40. The third-order valence-electron chi connectivity index (χ3n) is 5.88. The molecule has 0 spiro atoms. The number of alkyl halides is 1. The molecule has 28 heavy (non-hydrogen) atoms. The van der Waals surface area contributed by atoms with Crippen molar-refractivity contribution in [1.82, 2.24) is 20.6 Å². The summed E-state index contributed by atoms with van der Waals surface area (Å²) in [7, 11) is 0. The number of rotatable bonds is 6. The summed E-state index contributed by atoms with van der Waals surface area (Å²) in [5, 5.41) is 5.51. The Kier molecular flexibility index (Phi) is 4.95. The van der Waals surface area contributed by atoms with E-state index >= 15 is 0 Å². The Balaban J connectivity index is 1.29. The van der Waals surface area contributed by atoms with Crippen LogP contribution in [0.1, 0.15) is 50.5 Å². The number of ether oxygens (including phenoxy) is 1. The number of H-pyrrole nitrogens is 1. The van der Waals surface area contributed by atoms with Gasteiger partial charge < -0.3 is 20.4 Å². The topological polar surface area (TPSA) is 113 Å². The minimum Gasteiger partial charge on any atom is -0.374 e. The average Bonchev–Trinajstić information content (AvgIpc) is 3.25. The van der Waals surface area contributed by atoms with Crippen molar-refractivity contribution in [3.05, 3.63) is 27.9 Å². The number of carbonyl (C=O) groups excluding carboxylic acids is 2. The van der Waals surface area contributed by atoms with Crippen LogP contribution in [0.25, 0.3) is 0 Å². The number of halogens is 1. The fourth-order valence-electron chi connectivity index (χ4n) is 4.43. The molecule has 0 unspecified atom stereocenters. The fraction of sp³-hybridized carbons (Fsp3) is 0.684. The third-order valence-corrected chi connectivity index (χ3v) is 5.88. The van der Waals surface area contributed by atoms with E-state index in [9.17, 15) is 18.8 Å². The summed E-state index contributed by atoms with van der Waals surface area (Å²) in [6, 6.07) is 1.30. The summed E-state index contributed by atoms with van der Waals surface area (Å²) < 4.78 is 19.2. The van der Waals surface area contributed by atoms with E-state index in [2.05, 4.69) is 20.6 Å². The second-order valence-corrected chi connectivity index (χ2v) is 8.35. The van der Waals surface area contributed by atoms with Crippen LogP contribution in [-0.2, 0) is 27.4 Å². The van der Waals surface area contributed by atoms with Crippen molar-refractivity contribution in [1.29, 1.82) is 0 Å². The number of hydrogen-bond donors (Lipinski definition) is 3. The van der Waals surface area contributed by atoms with Gasteiger partial charge in [0, 0.05) is 12.0 Å². The zero-order chi connectivity index (χ0) is 19.9. The van der Waals surface area contributed by atoms with Crippen molar-refractivity contribution in [2.45, 2.75) is 70.0 Å². The minimum absolute atomic E-state index is 0.00348.